The zero-order valence-corrected chi connectivity index (χ0v) is 14.7. The molecule has 0 aliphatic heterocycles. The van der Waals surface area contributed by atoms with E-state index in [1.165, 1.54) is 0 Å². The number of aryl methyl sites for hydroxylation is 1. The Morgan fingerprint density at radius 1 is 1.09 bits per heavy atom. The second-order valence-electron chi connectivity index (χ2n) is 6.83. The van der Waals surface area contributed by atoms with Crippen LogP contribution in [0.4, 0.5) is 0 Å². The summed E-state index contributed by atoms with van der Waals surface area (Å²) in [6.45, 7) is 11.8. The molecule has 0 unspecified atom stereocenters. The van der Waals surface area contributed by atoms with Crippen LogP contribution in [0.3, 0.4) is 0 Å². The predicted molar refractivity (Wildman–Crippen MR) is 92.3 cm³/mol. The Morgan fingerprint density at radius 3 is 2.17 bits per heavy atom. The third-order valence-corrected chi connectivity index (χ3v) is 3.58. The second kappa shape index (κ2) is 7.44. The molecule has 0 aliphatic rings. The minimum atomic E-state index is 0.00463. The third-order valence-electron chi connectivity index (χ3n) is 3.58. The van der Waals surface area contributed by atoms with Gasteiger partial charge in [0, 0.05) is 18.7 Å². The van der Waals surface area contributed by atoms with Crippen LogP contribution in [0.5, 0.6) is 0 Å². The van der Waals surface area contributed by atoms with Gasteiger partial charge in [0.05, 0.1) is 0 Å². The van der Waals surface area contributed by atoms with Gasteiger partial charge >= 0.3 is 0 Å². The first-order valence-corrected chi connectivity index (χ1v) is 8.21. The first-order chi connectivity index (χ1) is 10.9. The van der Waals surface area contributed by atoms with E-state index in [0.717, 1.165) is 18.7 Å². The summed E-state index contributed by atoms with van der Waals surface area (Å²) in [5.41, 5.74) is 2.12. The topological polar surface area (TPSA) is 46.3 Å². The fraction of sp³-hybridized carbons (Fsp3) is 0.474. The summed E-state index contributed by atoms with van der Waals surface area (Å²) in [4.78, 5) is 15.0. The molecule has 1 aromatic carbocycles. The Balaban J connectivity index is 2.39. The Kier molecular flexibility index (Phi) is 5.59. The third kappa shape index (κ3) is 4.21. The average molecular weight is 314 g/mol. The molecule has 0 atom stereocenters. The van der Waals surface area contributed by atoms with E-state index in [2.05, 4.69) is 32.9 Å². The van der Waals surface area contributed by atoms with Crippen molar-refractivity contribution in [1.29, 1.82) is 0 Å². The lowest BCUT2D eigenvalue weighted by Gasteiger charge is -2.26. The SMILES string of the molecule is Cc1onc(-c2ccccc2)c1C(=O)N(CC(C)C)CC(C)C. The Morgan fingerprint density at radius 2 is 1.65 bits per heavy atom. The maximum Gasteiger partial charge on any atom is 0.259 e. The molecule has 0 spiro atoms. The predicted octanol–water partition coefficient (Wildman–Crippen LogP) is 4.40. The van der Waals surface area contributed by atoms with Crippen LogP contribution in [-0.4, -0.2) is 29.1 Å². The number of nitrogens with zero attached hydrogens (tertiary/aromatic N) is 2. The normalized spacial score (nSPS) is 11.3. The number of benzene rings is 1. The summed E-state index contributed by atoms with van der Waals surface area (Å²) in [6, 6.07) is 9.72. The Labute approximate surface area is 138 Å². The van der Waals surface area contributed by atoms with E-state index >= 15 is 0 Å². The van der Waals surface area contributed by atoms with Gasteiger partial charge in [0.25, 0.3) is 5.91 Å². The number of hydrogen-bond acceptors (Lipinski definition) is 3. The van der Waals surface area contributed by atoms with Gasteiger partial charge in [-0.1, -0.05) is 63.2 Å². The van der Waals surface area contributed by atoms with Crippen molar-refractivity contribution in [3.8, 4) is 11.3 Å². The Hall–Kier alpha value is -2.10. The van der Waals surface area contributed by atoms with Gasteiger partial charge in [-0.05, 0) is 18.8 Å². The molecule has 0 aliphatic carbocycles. The van der Waals surface area contributed by atoms with E-state index in [9.17, 15) is 4.79 Å². The van der Waals surface area contributed by atoms with Crippen molar-refractivity contribution in [1.82, 2.24) is 10.1 Å². The highest BCUT2D eigenvalue weighted by Crippen LogP contribution is 2.26. The van der Waals surface area contributed by atoms with Crippen LogP contribution in [0.1, 0.15) is 43.8 Å². The number of carbonyl (C=O) groups is 1. The van der Waals surface area contributed by atoms with Crippen LogP contribution < -0.4 is 0 Å². The van der Waals surface area contributed by atoms with Crippen molar-refractivity contribution in [2.45, 2.75) is 34.6 Å². The van der Waals surface area contributed by atoms with Crippen LogP contribution in [0.15, 0.2) is 34.9 Å². The van der Waals surface area contributed by atoms with Crippen LogP contribution >= 0.6 is 0 Å². The van der Waals surface area contributed by atoms with Gasteiger partial charge in [-0.2, -0.15) is 0 Å². The maximum atomic E-state index is 13.1. The quantitative estimate of drug-likeness (QED) is 0.793. The molecule has 0 saturated heterocycles. The van der Waals surface area contributed by atoms with Crippen LogP contribution in [-0.2, 0) is 0 Å². The standard InChI is InChI=1S/C19H26N2O2/c1-13(2)11-21(12-14(3)4)19(22)17-15(5)23-20-18(17)16-9-7-6-8-10-16/h6-10,13-14H,11-12H2,1-5H3. The molecule has 2 rings (SSSR count). The second-order valence-corrected chi connectivity index (χ2v) is 6.83. The van der Waals surface area contributed by atoms with Crippen molar-refractivity contribution in [2.24, 2.45) is 11.8 Å². The van der Waals surface area contributed by atoms with E-state index in [1.807, 2.05) is 35.2 Å². The van der Waals surface area contributed by atoms with Gasteiger partial charge < -0.3 is 9.42 Å². The summed E-state index contributed by atoms with van der Waals surface area (Å²) >= 11 is 0. The smallest absolute Gasteiger partial charge is 0.259 e. The van der Waals surface area contributed by atoms with E-state index in [4.69, 9.17) is 4.52 Å². The summed E-state index contributed by atoms with van der Waals surface area (Å²) in [7, 11) is 0. The number of aromatic nitrogens is 1. The fourth-order valence-electron chi connectivity index (χ4n) is 2.70. The molecule has 0 bridgehead atoms. The Bertz CT molecular complexity index is 635. The molecule has 0 fully saturated rings. The van der Waals surface area contributed by atoms with Crippen LogP contribution in [0.2, 0.25) is 0 Å². The van der Waals surface area contributed by atoms with Gasteiger partial charge in [-0.15, -0.1) is 0 Å². The molecule has 2 aromatic rings. The van der Waals surface area contributed by atoms with Gasteiger partial charge in [-0.3, -0.25) is 4.79 Å². The zero-order valence-electron chi connectivity index (χ0n) is 14.7. The molecule has 1 aromatic heterocycles. The van der Waals surface area contributed by atoms with Crippen molar-refractivity contribution < 1.29 is 9.32 Å². The van der Waals surface area contributed by atoms with Crippen LogP contribution in [0.25, 0.3) is 11.3 Å². The van der Waals surface area contributed by atoms with E-state index < -0.39 is 0 Å². The summed E-state index contributed by atoms with van der Waals surface area (Å²) in [5, 5.41) is 4.13. The monoisotopic (exact) mass is 314 g/mol. The molecule has 0 saturated carbocycles. The highest BCUT2D eigenvalue weighted by atomic mass is 16.5. The molecule has 4 nitrogen and oxygen atoms in total. The van der Waals surface area contributed by atoms with Gasteiger partial charge in [0.2, 0.25) is 0 Å². The summed E-state index contributed by atoms with van der Waals surface area (Å²) in [5.74, 6) is 1.41. The first kappa shape index (κ1) is 17.3. The van der Waals surface area contributed by atoms with Crippen LogP contribution in [0, 0.1) is 18.8 Å². The van der Waals surface area contributed by atoms with Crippen molar-refractivity contribution >= 4 is 5.91 Å². The molecule has 0 N–H and O–H groups in total. The van der Waals surface area contributed by atoms with Crippen molar-refractivity contribution in [2.75, 3.05) is 13.1 Å². The van der Waals surface area contributed by atoms with E-state index in [-0.39, 0.29) is 5.91 Å². The molecule has 1 amide bonds. The molecular formula is C19H26N2O2. The number of hydrogen-bond donors (Lipinski definition) is 0. The van der Waals surface area contributed by atoms with Gasteiger partial charge in [-0.25, -0.2) is 0 Å². The number of amides is 1. The number of carbonyl (C=O) groups excluding carboxylic acids is 1. The average Bonchev–Trinajstić information content (AvgIpc) is 2.87. The molecule has 23 heavy (non-hydrogen) atoms. The minimum absolute atomic E-state index is 0.00463. The van der Waals surface area contributed by atoms with E-state index in [1.54, 1.807) is 6.92 Å². The molecule has 0 radical (unpaired) electrons. The molecule has 1 heterocycles. The zero-order chi connectivity index (χ0) is 17.0. The molecular weight excluding hydrogens is 288 g/mol. The molecule has 124 valence electrons. The van der Waals surface area contributed by atoms with E-state index in [0.29, 0.717) is 28.9 Å². The summed E-state index contributed by atoms with van der Waals surface area (Å²) in [6.07, 6.45) is 0. The maximum absolute atomic E-state index is 13.1. The van der Waals surface area contributed by atoms with Gasteiger partial charge in [0.1, 0.15) is 17.0 Å². The highest BCUT2D eigenvalue weighted by Gasteiger charge is 2.26. The summed E-state index contributed by atoms with van der Waals surface area (Å²) < 4.78 is 5.33. The largest absolute Gasteiger partial charge is 0.360 e. The van der Waals surface area contributed by atoms with Gasteiger partial charge in [0.15, 0.2) is 0 Å². The molecule has 4 heteroatoms. The van der Waals surface area contributed by atoms with Crippen molar-refractivity contribution in [3.63, 3.8) is 0 Å². The fourth-order valence-corrected chi connectivity index (χ4v) is 2.70. The lowest BCUT2D eigenvalue weighted by atomic mass is 10.0. The highest BCUT2D eigenvalue weighted by molar-refractivity contribution is 6.00. The lowest BCUT2D eigenvalue weighted by molar-refractivity contribution is 0.0714. The minimum Gasteiger partial charge on any atom is -0.360 e. The number of rotatable bonds is 6. The van der Waals surface area contributed by atoms with Crippen molar-refractivity contribution in [3.05, 3.63) is 41.7 Å². The first-order valence-electron chi connectivity index (χ1n) is 8.21. The lowest BCUT2D eigenvalue weighted by Crippen LogP contribution is -2.37.